The van der Waals surface area contributed by atoms with Gasteiger partial charge in [0.05, 0.1) is 4.92 Å². The number of nitrogens with zero attached hydrogens (tertiary/aromatic N) is 2. The van der Waals surface area contributed by atoms with Gasteiger partial charge in [-0.05, 0) is 36.4 Å². The molecule has 0 spiro atoms. The zero-order valence-electron chi connectivity index (χ0n) is 13.7. The highest BCUT2D eigenvalue weighted by Crippen LogP contribution is 2.26. The number of non-ortho nitro benzene ring substituents is 1. The maximum Gasteiger partial charge on any atom is 0.269 e. The Labute approximate surface area is 154 Å². The number of hydrogen-bond acceptors (Lipinski definition) is 4. The minimum absolute atomic E-state index is 0.000163. The summed E-state index contributed by atoms with van der Waals surface area (Å²) in [5.41, 5.74) is 1.06. The lowest BCUT2D eigenvalue weighted by Crippen LogP contribution is -2.31. The van der Waals surface area contributed by atoms with Crippen molar-refractivity contribution in [3.63, 3.8) is 0 Å². The molecule has 1 saturated heterocycles. The molecule has 2 amide bonds. The SMILES string of the molecule is O=C(NCC1CC(=O)N(c2ccc(Cl)cc2)C1)c1ccc([N+](=O)[O-])cc1. The number of rotatable bonds is 5. The second-order valence-corrected chi connectivity index (χ2v) is 6.50. The maximum absolute atomic E-state index is 12.2. The minimum Gasteiger partial charge on any atom is -0.352 e. The molecule has 1 fully saturated rings. The Hall–Kier alpha value is -2.93. The summed E-state index contributed by atoms with van der Waals surface area (Å²) >= 11 is 5.87. The predicted octanol–water partition coefficient (Wildman–Crippen LogP) is 3.03. The summed E-state index contributed by atoms with van der Waals surface area (Å²) in [6, 6.07) is 12.4. The fourth-order valence-corrected chi connectivity index (χ4v) is 2.99. The number of hydrogen-bond donors (Lipinski definition) is 1. The van der Waals surface area contributed by atoms with E-state index in [1.165, 1.54) is 24.3 Å². The number of benzene rings is 2. The van der Waals surface area contributed by atoms with Gasteiger partial charge in [0.1, 0.15) is 0 Å². The number of halogens is 1. The van der Waals surface area contributed by atoms with Crippen LogP contribution in [0.4, 0.5) is 11.4 Å². The van der Waals surface area contributed by atoms with Crippen LogP contribution in [0.1, 0.15) is 16.8 Å². The van der Waals surface area contributed by atoms with Gasteiger partial charge in [0.25, 0.3) is 11.6 Å². The Balaban J connectivity index is 1.56. The number of anilines is 1. The van der Waals surface area contributed by atoms with Crippen molar-refractivity contribution in [2.45, 2.75) is 6.42 Å². The standard InChI is InChI=1S/C18H16ClN3O4/c19-14-3-7-15(8-4-14)21-11-12(9-17(21)23)10-20-18(24)13-1-5-16(6-2-13)22(25)26/h1-8,12H,9-11H2,(H,20,24). The van der Waals surface area contributed by atoms with Crippen molar-refractivity contribution in [1.29, 1.82) is 0 Å². The normalized spacial score (nSPS) is 16.6. The van der Waals surface area contributed by atoms with E-state index in [1.54, 1.807) is 29.2 Å². The molecule has 26 heavy (non-hydrogen) atoms. The van der Waals surface area contributed by atoms with Crippen molar-refractivity contribution in [3.05, 3.63) is 69.2 Å². The first kappa shape index (κ1) is 17.9. The van der Waals surface area contributed by atoms with Crippen molar-refractivity contribution < 1.29 is 14.5 Å². The highest BCUT2D eigenvalue weighted by molar-refractivity contribution is 6.30. The molecule has 1 N–H and O–H groups in total. The van der Waals surface area contributed by atoms with Gasteiger partial charge >= 0.3 is 0 Å². The maximum atomic E-state index is 12.2. The van der Waals surface area contributed by atoms with Gasteiger partial charge in [0.2, 0.25) is 5.91 Å². The Morgan fingerprint density at radius 3 is 2.46 bits per heavy atom. The van der Waals surface area contributed by atoms with E-state index in [2.05, 4.69) is 5.32 Å². The molecule has 0 aromatic heterocycles. The summed E-state index contributed by atoms with van der Waals surface area (Å²) < 4.78 is 0. The van der Waals surface area contributed by atoms with E-state index in [9.17, 15) is 19.7 Å². The number of nitro groups is 1. The second kappa shape index (κ2) is 7.53. The number of nitrogens with one attached hydrogen (secondary N) is 1. The molecule has 2 aromatic carbocycles. The molecular formula is C18H16ClN3O4. The first-order valence-electron chi connectivity index (χ1n) is 8.02. The monoisotopic (exact) mass is 373 g/mol. The van der Waals surface area contributed by atoms with Gasteiger partial charge in [0.15, 0.2) is 0 Å². The molecule has 1 heterocycles. The van der Waals surface area contributed by atoms with Crippen LogP contribution in [-0.2, 0) is 4.79 Å². The summed E-state index contributed by atoms with van der Waals surface area (Å²) in [7, 11) is 0. The highest BCUT2D eigenvalue weighted by atomic mass is 35.5. The predicted molar refractivity (Wildman–Crippen MR) is 97.3 cm³/mol. The van der Waals surface area contributed by atoms with E-state index in [0.29, 0.717) is 30.1 Å². The van der Waals surface area contributed by atoms with E-state index in [0.717, 1.165) is 5.69 Å². The molecule has 134 valence electrons. The fourth-order valence-electron chi connectivity index (χ4n) is 2.86. The van der Waals surface area contributed by atoms with Gasteiger partial charge in [-0.25, -0.2) is 0 Å². The zero-order chi connectivity index (χ0) is 18.7. The van der Waals surface area contributed by atoms with E-state index >= 15 is 0 Å². The molecule has 3 rings (SSSR count). The third-order valence-corrected chi connectivity index (χ3v) is 4.49. The Morgan fingerprint density at radius 2 is 1.85 bits per heavy atom. The summed E-state index contributed by atoms with van der Waals surface area (Å²) in [4.78, 5) is 36.2. The largest absolute Gasteiger partial charge is 0.352 e. The number of nitro benzene ring substituents is 1. The molecule has 1 atom stereocenters. The molecule has 2 aromatic rings. The van der Waals surface area contributed by atoms with Crippen molar-refractivity contribution in [2.24, 2.45) is 5.92 Å². The molecule has 0 saturated carbocycles. The Kier molecular flexibility index (Phi) is 5.18. The Morgan fingerprint density at radius 1 is 1.19 bits per heavy atom. The van der Waals surface area contributed by atoms with Gasteiger partial charge < -0.3 is 10.2 Å². The van der Waals surface area contributed by atoms with Crippen molar-refractivity contribution in [3.8, 4) is 0 Å². The van der Waals surface area contributed by atoms with Crippen LogP contribution >= 0.6 is 11.6 Å². The summed E-state index contributed by atoms with van der Waals surface area (Å²) in [5.74, 6) is -0.320. The van der Waals surface area contributed by atoms with Crippen LogP contribution in [-0.4, -0.2) is 29.8 Å². The highest BCUT2D eigenvalue weighted by Gasteiger charge is 2.30. The minimum atomic E-state index is -0.517. The van der Waals surface area contributed by atoms with Gasteiger partial charge in [0, 0.05) is 53.8 Å². The van der Waals surface area contributed by atoms with Gasteiger partial charge in [-0.1, -0.05) is 11.6 Å². The van der Waals surface area contributed by atoms with E-state index < -0.39 is 4.92 Å². The topological polar surface area (TPSA) is 92.6 Å². The Bertz CT molecular complexity index is 837. The van der Waals surface area contributed by atoms with Gasteiger partial charge in [-0.3, -0.25) is 19.7 Å². The van der Waals surface area contributed by atoms with Gasteiger partial charge in [-0.2, -0.15) is 0 Å². The van der Waals surface area contributed by atoms with Crippen LogP contribution in [0.2, 0.25) is 5.02 Å². The lowest BCUT2D eigenvalue weighted by molar-refractivity contribution is -0.384. The summed E-state index contributed by atoms with van der Waals surface area (Å²) in [6.07, 6.45) is 0.350. The van der Waals surface area contributed by atoms with E-state index in [-0.39, 0.29) is 23.4 Å². The third-order valence-electron chi connectivity index (χ3n) is 4.24. The smallest absolute Gasteiger partial charge is 0.269 e. The van der Waals surface area contributed by atoms with Crippen LogP contribution in [0.25, 0.3) is 0 Å². The van der Waals surface area contributed by atoms with Crippen LogP contribution in [0, 0.1) is 16.0 Å². The van der Waals surface area contributed by atoms with E-state index in [1.807, 2.05) is 0 Å². The molecule has 1 aliphatic heterocycles. The lowest BCUT2D eigenvalue weighted by atomic mass is 10.1. The number of amides is 2. The molecular weight excluding hydrogens is 358 g/mol. The number of carbonyl (C=O) groups is 2. The molecule has 0 radical (unpaired) electrons. The van der Waals surface area contributed by atoms with Crippen LogP contribution in [0.3, 0.4) is 0 Å². The molecule has 8 heteroatoms. The van der Waals surface area contributed by atoms with Crippen molar-refractivity contribution in [2.75, 3.05) is 18.0 Å². The third kappa shape index (κ3) is 4.00. The molecule has 1 unspecified atom stereocenters. The summed E-state index contributed by atoms with van der Waals surface area (Å²) in [6.45, 7) is 0.868. The molecule has 7 nitrogen and oxygen atoms in total. The second-order valence-electron chi connectivity index (χ2n) is 6.06. The van der Waals surface area contributed by atoms with Crippen molar-refractivity contribution >= 4 is 34.8 Å². The lowest BCUT2D eigenvalue weighted by Gasteiger charge is -2.17. The quantitative estimate of drug-likeness (QED) is 0.644. The van der Waals surface area contributed by atoms with Crippen LogP contribution < -0.4 is 10.2 Å². The van der Waals surface area contributed by atoms with Crippen molar-refractivity contribution in [1.82, 2.24) is 5.32 Å². The van der Waals surface area contributed by atoms with Gasteiger partial charge in [-0.15, -0.1) is 0 Å². The molecule has 1 aliphatic rings. The average Bonchev–Trinajstić information content (AvgIpc) is 3.01. The molecule has 0 bridgehead atoms. The average molecular weight is 374 g/mol. The fraction of sp³-hybridized carbons (Fsp3) is 0.222. The summed E-state index contributed by atoms with van der Waals surface area (Å²) in [5, 5.41) is 14.0. The van der Waals surface area contributed by atoms with Crippen LogP contribution in [0.15, 0.2) is 48.5 Å². The first-order chi connectivity index (χ1) is 12.4. The zero-order valence-corrected chi connectivity index (χ0v) is 14.5. The first-order valence-corrected chi connectivity index (χ1v) is 8.40. The number of carbonyl (C=O) groups excluding carboxylic acids is 2. The van der Waals surface area contributed by atoms with E-state index in [4.69, 9.17) is 11.6 Å². The van der Waals surface area contributed by atoms with Crippen LogP contribution in [0.5, 0.6) is 0 Å². The molecule has 0 aliphatic carbocycles.